The number of amides is 1. The highest BCUT2D eigenvalue weighted by Crippen LogP contribution is 2.30. The summed E-state index contributed by atoms with van der Waals surface area (Å²) in [4.78, 5) is 14.2. The molecule has 4 aromatic rings. The normalized spacial score (nSPS) is 11.1. The molecular weight excluding hydrogens is 346 g/mol. The lowest BCUT2D eigenvalue weighted by Crippen LogP contribution is -2.24. The lowest BCUT2D eigenvalue weighted by Gasteiger charge is -2.04. The number of benzene rings is 1. The van der Waals surface area contributed by atoms with Gasteiger partial charge in [0.05, 0.1) is 16.3 Å². The molecule has 26 heavy (non-hydrogen) atoms. The van der Waals surface area contributed by atoms with Gasteiger partial charge in [-0.25, -0.2) is 4.68 Å². The molecule has 0 aliphatic carbocycles. The topological polar surface area (TPSA) is 64.7 Å². The summed E-state index contributed by atoms with van der Waals surface area (Å²) in [6.45, 7) is 3.39. The first-order chi connectivity index (χ1) is 12.7. The smallest absolute Gasteiger partial charge is 0.261 e. The van der Waals surface area contributed by atoms with E-state index in [4.69, 9.17) is 0 Å². The quantitative estimate of drug-likeness (QED) is 0.533. The molecule has 0 spiro atoms. The highest BCUT2D eigenvalue weighted by molar-refractivity contribution is 7.20. The van der Waals surface area contributed by atoms with Crippen molar-refractivity contribution in [1.82, 2.24) is 24.9 Å². The third-order valence-electron chi connectivity index (χ3n) is 4.18. The van der Waals surface area contributed by atoms with E-state index >= 15 is 0 Å². The fourth-order valence-electron chi connectivity index (χ4n) is 2.87. The van der Waals surface area contributed by atoms with Gasteiger partial charge in [-0.1, -0.05) is 18.2 Å². The molecule has 0 atom stereocenters. The molecule has 0 unspecified atom stereocenters. The van der Waals surface area contributed by atoms with Crippen LogP contribution in [0.5, 0.6) is 0 Å². The van der Waals surface area contributed by atoms with Crippen LogP contribution in [0.15, 0.2) is 54.9 Å². The molecule has 132 valence electrons. The van der Waals surface area contributed by atoms with Crippen LogP contribution >= 0.6 is 11.3 Å². The molecular formula is C19H19N5OS. The van der Waals surface area contributed by atoms with E-state index in [2.05, 4.69) is 15.5 Å². The van der Waals surface area contributed by atoms with Gasteiger partial charge < -0.3 is 5.32 Å². The van der Waals surface area contributed by atoms with E-state index in [1.165, 1.54) is 11.3 Å². The third kappa shape index (κ3) is 3.25. The molecule has 1 aromatic carbocycles. The van der Waals surface area contributed by atoms with Crippen molar-refractivity contribution in [2.45, 2.75) is 19.9 Å². The van der Waals surface area contributed by atoms with E-state index < -0.39 is 0 Å². The standard InChI is InChI=1S/C19H19N5OS/c1-14-16-13-17(18(25)20-9-5-11-23-12-6-10-21-23)26-19(16)24(22-14)15-7-3-2-4-8-15/h2-4,6-8,10,12-13H,5,9,11H2,1H3,(H,20,25). The van der Waals surface area contributed by atoms with Gasteiger partial charge in [-0.2, -0.15) is 10.2 Å². The minimum atomic E-state index is -0.0364. The first kappa shape index (κ1) is 16.5. The molecule has 0 aliphatic rings. The number of carbonyl (C=O) groups excluding carboxylic acids is 1. The highest BCUT2D eigenvalue weighted by Gasteiger charge is 2.16. The summed E-state index contributed by atoms with van der Waals surface area (Å²) in [6.07, 6.45) is 4.52. The van der Waals surface area contributed by atoms with E-state index in [1.54, 1.807) is 6.20 Å². The van der Waals surface area contributed by atoms with Crippen LogP contribution in [0.1, 0.15) is 21.8 Å². The molecule has 0 radical (unpaired) electrons. The number of thiophene rings is 1. The summed E-state index contributed by atoms with van der Waals surface area (Å²) in [7, 11) is 0. The molecule has 0 saturated heterocycles. The molecule has 0 fully saturated rings. The number of nitrogens with one attached hydrogen (secondary N) is 1. The van der Waals surface area contributed by atoms with Crippen LogP contribution in [-0.4, -0.2) is 32.0 Å². The largest absolute Gasteiger partial charge is 0.351 e. The maximum Gasteiger partial charge on any atom is 0.261 e. The van der Waals surface area contributed by atoms with Gasteiger partial charge in [-0.05, 0) is 37.6 Å². The molecule has 3 aromatic heterocycles. The number of fused-ring (bicyclic) bond motifs is 1. The third-order valence-corrected chi connectivity index (χ3v) is 5.29. The van der Waals surface area contributed by atoms with E-state index in [9.17, 15) is 4.79 Å². The summed E-state index contributed by atoms with van der Waals surface area (Å²) in [6, 6.07) is 13.8. The van der Waals surface area contributed by atoms with Gasteiger partial charge in [0.1, 0.15) is 4.83 Å². The average molecular weight is 365 g/mol. The summed E-state index contributed by atoms with van der Waals surface area (Å²) < 4.78 is 3.77. The fourth-order valence-corrected chi connectivity index (χ4v) is 3.97. The maximum atomic E-state index is 12.5. The second kappa shape index (κ2) is 7.13. The van der Waals surface area contributed by atoms with E-state index in [-0.39, 0.29) is 5.91 Å². The second-order valence-electron chi connectivity index (χ2n) is 6.04. The molecule has 0 bridgehead atoms. The van der Waals surface area contributed by atoms with Gasteiger partial charge in [-0.15, -0.1) is 11.3 Å². The van der Waals surface area contributed by atoms with Crippen LogP contribution in [0.25, 0.3) is 15.9 Å². The van der Waals surface area contributed by atoms with E-state index in [0.717, 1.165) is 34.6 Å². The van der Waals surface area contributed by atoms with Crippen LogP contribution in [0.3, 0.4) is 0 Å². The number of para-hydroxylation sites is 1. The van der Waals surface area contributed by atoms with Crippen molar-refractivity contribution in [3.63, 3.8) is 0 Å². The Labute approximate surface area is 155 Å². The number of hydrogen-bond acceptors (Lipinski definition) is 4. The van der Waals surface area contributed by atoms with Gasteiger partial charge >= 0.3 is 0 Å². The summed E-state index contributed by atoms with van der Waals surface area (Å²) in [5.41, 5.74) is 1.93. The predicted molar refractivity (Wildman–Crippen MR) is 103 cm³/mol. The van der Waals surface area contributed by atoms with Crippen molar-refractivity contribution in [2.75, 3.05) is 6.54 Å². The van der Waals surface area contributed by atoms with Crippen molar-refractivity contribution in [3.05, 3.63) is 65.4 Å². The first-order valence-corrected chi connectivity index (χ1v) is 9.34. The Hall–Kier alpha value is -2.93. The van der Waals surface area contributed by atoms with Crippen molar-refractivity contribution < 1.29 is 4.79 Å². The molecule has 6 nitrogen and oxygen atoms in total. The van der Waals surface area contributed by atoms with E-state index in [1.807, 2.05) is 64.9 Å². The SMILES string of the molecule is Cc1nn(-c2ccccc2)c2sc(C(=O)NCCCn3cccn3)cc12. The van der Waals surface area contributed by atoms with Crippen molar-refractivity contribution in [1.29, 1.82) is 0 Å². The zero-order chi connectivity index (χ0) is 17.9. The van der Waals surface area contributed by atoms with E-state index in [0.29, 0.717) is 11.4 Å². The Kier molecular flexibility index (Phi) is 4.53. The Bertz CT molecular complexity index is 1020. The molecule has 1 N–H and O–H groups in total. The Morgan fingerprint density at radius 2 is 2.08 bits per heavy atom. The predicted octanol–water partition coefficient (Wildman–Crippen LogP) is 3.41. The minimum absolute atomic E-state index is 0.0364. The number of hydrogen-bond donors (Lipinski definition) is 1. The minimum Gasteiger partial charge on any atom is -0.351 e. The van der Waals surface area contributed by atoms with Gasteiger partial charge in [0, 0.05) is 30.9 Å². The van der Waals surface area contributed by atoms with Gasteiger partial charge in [0.15, 0.2) is 0 Å². The number of nitrogens with zero attached hydrogens (tertiary/aromatic N) is 4. The van der Waals surface area contributed by atoms with Crippen molar-refractivity contribution >= 4 is 27.5 Å². The van der Waals surface area contributed by atoms with Gasteiger partial charge in [0.25, 0.3) is 5.91 Å². The summed E-state index contributed by atoms with van der Waals surface area (Å²) in [5.74, 6) is -0.0364. The average Bonchev–Trinajstić information content (AvgIpc) is 3.38. The zero-order valence-electron chi connectivity index (χ0n) is 14.4. The lowest BCUT2D eigenvalue weighted by molar-refractivity contribution is 0.0956. The Balaban J connectivity index is 1.47. The molecule has 1 amide bonds. The second-order valence-corrected chi connectivity index (χ2v) is 7.07. The van der Waals surface area contributed by atoms with Crippen LogP contribution in [0.2, 0.25) is 0 Å². The fraction of sp³-hybridized carbons (Fsp3) is 0.211. The Morgan fingerprint density at radius 3 is 2.85 bits per heavy atom. The first-order valence-electron chi connectivity index (χ1n) is 8.52. The zero-order valence-corrected chi connectivity index (χ0v) is 15.2. The lowest BCUT2D eigenvalue weighted by atomic mass is 10.3. The number of aryl methyl sites for hydroxylation is 2. The Morgan fingerprint density at radius 1 is 1.23 bits per heavy atom. The molecule has 0 aliphatic heterocycles. The molecule has 3 heterocycles. The molecule has 4 rings (SSSR count). The highest BCUT2D eigenvalue weighted by atomic mass is 32.1. The maximum absolute atomic E-state index is 12.5. The summed E-state index contributed by atoms with van der Waals surface area (Å²) in [5, 5.41) is 12.8. The van der Waals surface area contributed by atoms with Gasteiger partial charge in [-0.3, -0.25) is 9.48 Å². The molecule has 0 saturated carbocycles. The number of aromatic nitrogens is 4. The van der Waals surface area contributed by atoms with Crippen LogP contribution in [-0.2, 0) is 6.54 Å². The summed E-state index contributed by atoms with van der Waals surface area (Å²) >= 11 is 1.47. The van der Waals surface area contributed by atoms with Crippen LogP contribution < -0.4 is 5.32 Å². The van der Waals surface area contributed by atoms with Crippen molar-refractivity contribution in [3.8, 4) is 5.69 Å². The molecule has 7 heteroatoms. The van der Waals surface area contributed by atoms with Crippen LogP contribution in [0, 0.1) is 6.92 Å². The number of carbonyl (C=O) groups is 1. The monoisotopic (exact) mass is 365 g/mol. The number of rotatable bonds is 6. The van der Waals surface area contributed by atoms with Crippen LogP contribution in [0.4, 0.5) is 0 Å². The van der Waals surface area contributed by atoms with Gasteiger partial charge in [0.2, 0.25) is 0 Å². The van der Waals surface area contributed by atoms with Crippen molar-refractivity contribution in [2.24, 2.45) is 0 Å².